The fourth-order valence-corrected chi connectivity index (χ4v) is 0.907. The van der Waals surface area contributed by atoms with E-state index in [1.165, 1.54) is 0 Å². The van der Waals surface area contributed by atoms with E-state index in [-0.39, 0.29) is 5.33 Å². The number of halogens is 1. The van der Waals surface area contributed by atoms with E-state index in [2.05, 4.69) is 20.7 Å². The Hall–Kier alpha value is -0.580. The molecule has 1 aliphatic heterocycles. The van der Waals surface area contributed by atoms with E-state index in [0.29, 0.717) is 13.0 Å². The highest BCUT2D eigenvalue weighted by Crippen LogP contribution is 2.10. The summed E-state index contributed by atoms with van der Waals surface area (Å²) in [5, 5.41) is 0.108. The van der Waals surface area contributed by atoms with E-state index in [1.807, 2.05) is 0 Å². The quantitative estimate of drug-likeness (QED) is 0.497. The van der Waals surface area contributed by atoms with E-state index >= 15 is 0 Å². The summed E-state index contributed by atoms with van der Waals surface area (Å²) in [5.41, 5.74) is 0. The first-order chi connectivity index (χ1) is 5.24. The molecule has 1 atom stereocenters. The molecule has 1 aliphatic rings. The molecule has 0 radical (unpaired) electrons. The highest BCUT2D eigenvalue weighted by Gasteiger charge is 2.29. The molecule has 0 saturated carbocycles. The lowest BCUT2D eigenvalue weighted by molar-refractivity contribution is -0.158. The van der Waals surface area contributed by atoms with Gasteiger partial charge >= 0.3 is 11.9 Å². The van der Waals surface area contributed by atoms with Crippen molar-refractivity contribution in [3.63, 3.8) is 0 Å². The second-order valence-corrected chi connectivity index (χ2v) is 2.63. The van der Waals surface area contributed by atoms with Crippen LogP contribution in [0.2, 0.25) is 0 Å². The lowest BCUT2D eigenvalue weighted by atomic mass is 10.3. The third kappa shape index (κ3) is 2.18. The molecule has 1 fully saturated rings. The van der Waals surface area contributed by atoms with Crippen LogP contribution in [0.25, 0.3) is 0 Å². The first kappa shape index (κ1) is 8.52. The van der Waals surface area contributed by atoms with E-state index < -0.39 is 18.0 Å². The minimum Gasteiger partial charge on any atom is -0.463 e. The predicted octanol–water partition coefficient (Wildman–Crippen LogP) is 0.240. The van der Waals surface area contributed by atoms with Crippen molar-refractivity contribution < 1.29 is 19.1 Å². The second kappa shape index (κ2) is 3.71. The van der Waals surface area contributed by atoms with Crippen LogP contribution in [-0.2, 0) is 19.1 Å². The van der Waals surface area contributed by atoms with E-state index in [0.717, 1.165) is 0 Å². The van der Waals surface area contributed by atoms with Gasteiger partial charge in [-0.1, -0.05) is 15.9 Å². The number of alkyl halides is 1. The smallest absolute Gasteiger partial charge is 0.347 e. The monoisotopic (exact) mass is 222 g/mol. The molecular formula is C6H7BrO4. The highest BCUT2D eigenvalue weighted by atomic mass is 79.9. The van der Waals surface area contributed by atoms with Crippen molar-refractivity contribution in [3.05, 3.63) is 0 Å². The first-order valence-corrected chi connectivity index (χ1v) is 4.28. The standard InChI is InChI=1S/C6H7BrO4/c7-3-5(8)11-4-1-2-10-6(4)9/h4H,1-3H2. The lowest BCUT2D eigenvalue weighted by Gasteiger charge is -2.05. The fourth-order valence-electron chi connectivity index (χ4n) is 0.775. The molecule has 4 nitrogen and oxygen atoms in total. The molecule has 0 aromatic heterocycles. The summed E-state index contributed by atoms with van der Waals surface area (Å²) in [5.74, 6) is -0.881. The molecule has 0 N–H and O–H groups in total. The van der Waals surface area contributed by atoms with Gasteiger partial charge in [-0.05, 0) is 0 Å². The summed E-state index contributed by atoms with van der Waals surface area (Å²) in [6.07, 6.45) is -0.211. The zero-order chi connectivity index (χ0) is 8.27. The number of carbonyl (C=O) groups excluding carboxylic acids is 2. The Morgan fingerprint density at radius 3 is 3.00 bits per heavy atom. The summed E-state index contributed by atoms with van der Waals surface area (Å²) >= 11 is 2.92. The van der Waals surface area contributed by atoms with Gasteiger partial charge in [-0.15, -0.1) is 0 Å². The Labute approximate surface area is 72.0 Å². The maximum absolute atomic E-state index is 10.7. The van der Waals surface area contributed by atoms with Gasteiger partial charge in [0.05, 0.1) is 6.61 Å². The van der Waals surface area contributed by atoms with Gasteiger partial charge in [0.2, 0.25) is 6.10 Å². The predicted molar refractivity (Wildman–Crippen MR) is 39.3 cm³/mol. The van der Waals surface area contributed by atoms with Gasteiger partial charge < -0.3 is 9.47 Å². The van der Waals surface area contributed by atoms with Crippen LogP contribution in [0, 0.1) is 0 Å². The Morgan fingerprint density at radius 2 is 2.55 bits per heavy atom. The van der Waals surface area contributed by atoms with Crippen molar-refractivity contribution in [1.29, 1.82) is 0 Å². The van der Waals surface area contributed by atoms with Crippen molar-refractivity contribution in [2.75, 3.05) is 11.9 Å². The van der Waals surface area contributed by atoms with Crippen LogP contribution in [0.1, 0.15) is 6.42 Å². The number of cyclic esters (lactones) is 1. The molecule has 11 heavy (non-hydrogen) atoms. The molecule has 0 amide bonds. The van der Waals surface area contributed by atoms with Crippen LogP contribution >= 0.6 is 15.9 Å². The van der Waals surface area contributed by atoms with Gasteiger partial charge in [0.25, 0.3) is 0 Å². The zero-order valence-corrected chi connectivity index (χ0v) is 7.30. The van der Waals surface area contributed by atoms with Crippen molar-refractivity contribution in [3.8, 4) is 0 Å². The molecule has 1 rings (SSSR count). The van der Waals surface area contributed by atoms with Crippen molar-refractivity contribution in [2.24, 2.45) is 0 Å². The molecule has 5 heteroatoms. The lowest BCUT2D eigenvalue weighted by Crippen LogP contribution is -2.22. The van der Waals surface area contributed by atoms with Gasteiger partial charge in [-0.25, -0.2) is 4.79 Å². The average Bonchev–Trinajstić information content (AvgIpc) is 2.37. The second-order valence-electron chi connectivity index (χ2n) is 2.07. The first-order valence-electron chi connectivity index (χ1n) is 3.16. The number of ether oxygens (including phenoxy) is 2. The maximum Gasteiger partial charge on any atom is 0.347 e. The van der Waals surface area contributed by atoms with Gasteiger partial charge in [-0.3, -0.25) is 4.79 Å². The van der Waals surface area contributed by atoms with E-state index in [1.54, 1.807) is 0 Å². The minimum atomic E-state index is -0.681. The van der Waals surface area contributed by atoms with Gasteiger partial charge in [-0.2, -0.15) is 0 Å². The van der Waals surface area contributed by atoms with Crippen LogP contribution in [0.5, 0.6) is 0 Å². The van der Waals surface area contributed by atoms with E-state index in [9.17, 15) is 9.59 Å². The Morgan fingerprint density at radius 1 is 1.82 bits per heavy atom. The number of esters is 2. The Kier molecular flexibility index (Phi) is 2.87. The van der Waals surface area contributed by atoms with Gasteiger partial charge in [0, 0.05) is 6.42 Å². The molecular weight excluding hydrogens is 216 g/mol. The number of hydrogen-bond donors (Lipinski definition) is 0. The summed E-state index contributed by atoms with van der Waals surface area (Å²) < 4.78 is 9.29. The SMILES string of the molecule is O=C(CBr)OC1CCOC1=O. The average molecular weight is 223 g/mol. The van der Waals surface area contributed by atoms with Crippen LogP contribution in [-0.4, -0.2) is 30.0 Å². The topological polar surface area (TPSA) is 52.6 Å². The van der Waals surface area contributed by atoms with E-state index in [4.69, 9.17) is 4.74 Å². The summed E-state index contributed by atoms with van der Waals surface area (Å²) in [7, 11) is 0. The van der Waals surface area contributed by atoms with Gasteiger partial charge in [0.15, 0.2) is 0 Å². The maximum atomic E-state index is 10.7. The molecule has 1 saturated heterocycles. The minimum absolute atomic E-state index is 0.108. The molecule has 1 unspecified atom stereocenters. The molecule has 0 aliphatic carbocycles. The third-order valence-corrected chi connectivity index (χ3v) is 1.73. The molecule has 0 bridgehead atoms. The summed E-state index contributed by atoms with van der Waals surface area (Å²) in [6.45, 7) is 0.346. The van der Waals surface area contributed by atoms with Crippen molar-refractivity contribution in [2.45, 2.75) is 12.5 Å². The molecule has 62 valence electrons. The highest BCUT2D eigenvalue weighted by molar-refractivity contribution is 9.09. The Balaban J connectivity index is 2.36. The Bertz CT molecular complexity index is 179. The molecule has 0 aromatic carbocycles. The van der Waals surface area contributed by atoms with Crippen LogP contribution < -0.4 is 0 Å². The van der Waals surface area contributed by atoms with Crippen molar-refractivity contribution in [1.82, 2.24) is 0 Å². The number of hydrogen-bond acceptors (Lipinski definition) is 4. The fraction of sp³-hybridized carbons (Fsp3) is 0.667. The molecule has 0 aromatic rings. The van der Waals surface area contributed by atoms with Crippen molar-refractivity contribution >= 4 is 27.9 Å². The van der Waals surface area contributed by atoms with Gasteiger partial charge in [0.1, 0.15) is 5.33 Å². The summed E-state index contributed by atoms with van der Waals surface area (Å²) in [4.78, 5) is 21.3. The number of rotatable bonds is 2. The molecule has 1 heterocycles. The normalized spacial score (nSPS) is 23.0. The molecule has 0 spiro atoms. The van der Waals surface area contributed by atoms with Crippen LogP contribution in [0.4, 0.5) is 0 Å². The number of carbonyl (C=O) groups is 2. The van der Waals surface area contributed by atoms with Crippen LogP contribution in [0.15, 0.2) is 0 Å². The zero-order valence-electron chi connectivity index (χ0n) is 5.71. The largest absolute Gasteiger partial charge is 0.463 e. The third-order valence-electron chi connectivity index (χ3n) is 1.27. The van der Waals surface area contributed by atoms with Crippen LogP contribution in [0.3, 0.4) is 0 Å². The summed E-state index contributed by atoms with van der Waals surface area (Å²) in [6, 6.07) is 0.